The van der Waals surface area contributed by atoms with E-state index in [0.29, 0.717) is 24.7 Å². The molecule has 1 amide bonds. The number of hydrogen-bond donors (Lipinski definition) is 1. The maximum Gasteiger partial charge on any atom is 0.410 e. The first-order valence-electron chi connectivity index (χ1n) is 7.94. The van der Waals surface area contributed by atoms with Gasteiger partial charge in [-0.15, -0.1) is 0 Å². The topological polar surface area (TPSA) is 41.6 Å². The lowest BCUT2D eigenvalue weighted by molar-refractivity contribution is 0.0113. The zero-order valence-electron chi connectivity index (χ0n) is 12.6. The number of carbonyl (C=O) groups is 1. The van der Waals surface area contributed by atoms with Crippen molar-refractivity contribution in [3.63, 3.8) is 0 Å². The molecule has 2 aliphatic heterocycles. The predicted molar refractivity (Wildman–Crippen MR) is 82.0 cm³/mol. The highest BCUT2D eigenvalue weighted by Crippen LogP contribution is 2.34. The van der Waals surface area contributed by atoms with Crippen LogP contribution < -0.4 is 5.32 Å². The fourth-order valence-corrected chi connectivity index (χ4v) is 3.71. The van der Waals surface area contributed by atoms with Crippen molar-refractivity contribution in [1.29, 1.82) is 0 Å². The molecule has 1 aromatic carbocycles. The molecule has 114 valence electrons. The van der Waals surface area contributed by atoms with Gasteiger partial charge in [0.15, 0.2) is 0 Å². The van der Waals surface area contributed by atoms with Crippen LogP contribution in [0.15, 0.2) is 30.3 Å². The molecule has 2 aliphatic rings. The Morgan fingerprint density at radius 2 is 1.90 bits per heavy atom. The Morgan fingerprint density at radius 3 is 2.52 bits per heavy atom. The lowest BCUT2D eigenvalue weighted by atomic mass is 9.82. The van der Waals surface area contributed by atoms with Crippen molar-refractivity contribution in [3.8, 4) is 0 Å². The molecule has 2 unspecified atom stereocenters. The number of ether oxygens (including phenoxy) is 1. The average Bonchev–Trinajstić information content (AvgIpc) is 2.52. The molecule has 2 fully saturated rings. The summed E-state index contributed by atoms with van der Waals surface area (Å²) in [7, 11) is 2.02. The van der Waals surface area contributed by atoms with Crippen LogP contribution in [0.3, 0.4) is 0 Å². The molecule has 0 aliphatic carbocycles. The lowest BCUT2D eigenvalue weighted by Crippen LogP contribution is -2.57. The number of nitrogens with one attached hydrogen (secondary N) is 1. The number of carbonyl (C=O) groups excluding carboxylic acids is 1. The van der Waals surface area contributed by atoms with Crippen molar-refractivity contribution in [2.75, 3.05) is 7.05 Å². The zero-order valence-corrected chi connectivity index (χ0v) is 12.6. The van der Waals surface area contributed by atoms with E-state index in [1.807, 2.05) is 42.3 Å². The monoisotopic (exact) mass is 288 g/mol. The molecule has 0 aromatic heterocycles. The Kier molecular flexibility index (Phi) is 4.44. The van der Waals surface area contributed by atoms with E-state index in [1.165, 1.54) is 6.42 Å². The molecule has 0 spiro atoms. The normalized spacial score (nSPS) is 28.2. The van der Waals surface area contributed by atoms with E-state index < -0.39 is 0 Å². The highest BCUT2D eigenvalue weighted by Gasteiger charge is 2.41. The van der Waals surface area contributed by atoms with Crippen LogP contribution in [0.2, 0.25) is 0 Å². The summed E-state index contributed by atoms with van der Waals surface area (Å²) in [5, 5.41) is 3.37. The molecule has 21 heavy (non-hydrogen) atoms. The summed E-state index contributed by atoms with van der Waals surface area (Å²) in [4.78, 5) is 14.5. The second kappa shape index (κ2) is 6.48. The van der Waals surface area contributed by atoms with Gasteiger partial charge in [-0.1, -0.05) is 30.3 Å². The number of piperidine rings is 2. The summed E-state index contributed by atoms with van der Waals surface area (Å²) >= 11 is 0. The first kappa shape index (κ1) is 14.4. The van der Waals surface area contributed by atoms with Crippen LogP contribution >= 0.6 is 0 Å². The first-order valence-corrected chi connectivity index (χ1v) is 7.94. The van der Waals surface area contributed by atoms with Crippen LogP contribution in [0, 0.1) is 0 Å². The largest absolute Gasteiger partial charge is 0.445 e. The molecule has 2 heterocycles. The number of amides is 1. The van der Waals surface area contributed by atoms with Crippen molar-refractivity contribution in [3.05, 3.63) is 35.9 Å². The van der Waals surface area contributed by atoms with Gasteiger partial charge in [-0.3, -0.25) is 0 Å². The van der Waals surface area contributed by atoms with E-state index in [9.17, 15) is 4.79 Å². The minimum atomic E-state index is -0.136. The van der Waals surface area contributed by atoms with Crippen molar-refractivity contribution >= 4 is 6.09 Å². The van der Waals surface area contributed by atoms with Gasteiger partial charge in [0.1, 0.15) is 6.61 Å². The van der Waals surface area contributed by atoms with E-state index in [4.69, 9.17) is 4.74 Å². The second-order valence-corrected chi connectivity index (χ2v) is 6.14. The van der Waals surface area contributed by atoms with Gasteiger partial charge in [-0.25, -0.2) is 4.79 Å². The summed E-state index contributed by atoms with van der Waals surface area (Å²) < 4.78 is 5.54. The van der Waals surface area contributed by atoms with Gasteiger partial charge in [0, 0.05) is 18.1 Å². The Morgan fingerprint density at radius 1 is 1.24 bits per heavy atom. The van der Waals surface area contributed by atoms with E-state index in [-0.39, 0.29) is 6.09 Å². The molecule has 2 saturated heterocycles. The predicted octanol–water partition coefficient (Wildman–Crippen LogP) is 2.93. The summed E-state index contributed by atoms with van der Waals surface area (Å²) in [6, 6.07) is 11.1. The molecule has 2 bridgehead atoms. The van der Waals surface area contributed by atoms with Crippen LogP contribution in [0.5, 0.6) is 0 Å². The Labute approximate surface area is 126 Å². The molecule has 0 radical (unpaired) electrons. The SMILES string of the molecule is CNC1CC2CCCC(C1)N2C(=O)OCc1ccccc1. The maximum atomic E-state index is 12.5. The van der Waals surface area contributed by atoms with Crippen molar-refractivity contribution in [1.82, 2.24) is 10.2 Å². The van der Waals surface area contributed by atoms with Gasteiger partial charge in [-0.2, -0.15) is 0 Å². The van der Waals surface area contributed by atoms with Crippen LogP contribution in [0.1, 0.15) is 37.7 Å². The number of fused-ring (bicyclic) bond motifs is 2. The van der Waals surface area contributed by atoms with E-state index in [2.05, 4.69) is 5.32 Å². The van der Waals surface area contributed by atoms with Gasteiger partial charge in [-0.05, 0) is 44.7 Å². The molecule has 4 nitrogen and oxygen atoms in total. The number of rotatable bonds is 3. The summed E-state index contributed by atoms with van der Waals surface area (Å²) in [6.45, 7) is 0.366. The third-order valence-electron chi connectivity index (χ3n) is 4.80. The quantitative estimate of drug-likeness (QED) is 0.930. The van der Waals surface area contributed by atoms with Crippen LogP contribution in [0.25, 0.3) is 0 Å². The molecular formula is C17H24N2O2. The van der Waals surface area contributed by atoms with Gasteiger partial charge in [0.2, 0.25) is 0 Å². The van der Waals surface area contributed by atoms with Gasteiger partial charge < -0.3 is 15.0 Å². The summed E-state index contributed by atoms with van der Waals surface area (Å²) in [5.74, 6) is 0. The molecule has 4 heteroatoms. The Bertz CT molecular complexity index is 463. The van der Waals surface area contributed by atoms with Crippen molar-refractivity contribution < 1.29 is 9.53 Å². The van der Waals surface area contributed by atoms with Gasteiger partial charge >= 0.3 is 6.09 Å². The highest BCUT2D eigenvalue weighted by atomic mass is 16.6. The van der Waals surface area contributed by atoms with Crippen molar-refractivity contribution in [2.24, 2.45) is 0 Å². The molecule has 3 rings (SSSR count). The van der Waals surface area contributed by atoms with E-state index >= 15 is 0 Å². The minimum Gasteiger partial charge on any atom is -0.445 e. The number of benzene rings is 1. The fourth-order valence-electron chi connectivity index (χ4n) is 3.71. The maximum absolute atomic E-state index is 12.5. The molecule has 1 N–H and O–H groups in total. The van der Waals surface area contributed by atoms with Crippen LogP contribution in [0.4, 0.5) is 4.79 Å². The second-order valence-electron chi connectivity index (χ2n) is 6.14. The van der Waals surface area contributed by atoms with Crippen molar-refractivity contribution in [2.45, 2.75) is 56.8 Å². The first-order chi connectivity index (χ1) is 10.3. The molecule has 2 atom stereocenters. The lowest BCUT2D eigenvalue weighted by Gasteiger charge is -2.48. The summed E-state index contributed by atoms with van der Waals surface area (Å²) in [6.07, 6.45) is 5.40. The standard InChI is InChI=1S/C17H24N2O2/c1-18-14-10-15-8-5-9-16(11-14)19(15)17(20)21-12-13-6-3-2-4-7-13/h2-4,6-7,14-16,18H,5,8-12H2,1H3. The average molecular weight is 288 g/mol. The molecular weight excluding hydrogens is 264 g/mol. The third kappa shape index (κ3) is 3.21. The van der Waals surface area contributed by atoms with E-state index in [0.717, 1.165) is 31.2 Å². The van der Waals surface area contributed by atoms with Crippen LogP contribution in [-0.2, 0) is 11.3 Å². The zero-order chi connectivity index (χ0) is 14.7. The van der Waals surface area contributed by atoms with E-state index in [1.54, 1.807) is 0 Å². The fraction of sp³-hybridized carbons (Fsp3) is 0.588. The smallest absolute Gasteiger partial charge is 0.410 e. The van der Waals surface area contributed by atoms with Gasteiger partial charge in [0.25, 0.3) is 0 Å². The van der Waals surface area contributed by atoms with Crippen LogP contribution in [-0.4, -0.2) is 36.2 Å². The van der Waals surface area contributed by atoms with Gasteiger partial charge in [0.05, 0.1) is 0 Å². The summed E-state index contributed by atoms with van der Waals surface area (Å²) in [5.41, 5.74) is 1.04. The Hall–Kier alpha value is -1.55. The number of nitrogens with zero attached hydrogens (tertiary/aromatic N) is 1. The molecule has 1 aromatic rings. The third-order valence-corrected chi connectivity index (χ3v) is 4.80. The Balaban J connectivity index is 1.61. The number of hydrogen-bond acceptors (Lipinski definition) is 3. The highest BCUT2D eigenvalue weighted by molar-refractivity contribution is 5.69. The molecule has 0 saturated carbocycles. The minimum absolute atomic E-state index is 0.136.